The first-order chi connectivity index (χ1) is 8.40. The quantitative estimate of drug-likeness (QED) is 0.874. The summed E-state index contributed by atoms with van der Waals surface area (Å²) in [6.07, 6.45) is 1.14. The van der Waals surface area contributed by atoms with Crippen molar-refractivity contribution in [2.45, 2.75) is 19.9 Å². The van der Waals surface area contributed by atoms with Gasteiger partial charge >= 0.3 is 0 Å². The van der Waals surface area contributed by atoms with Crippen LogP contribution < -0.4 is 0 Å². The maximum atomic E-state index is 10.0. The van der Waals surface area contributed by atoms with Gasteiger partial charge in [-0.25, -0.2) is 0 Å². The van der Waals surface area contributed by atoms with E-state index in [4.69, 9.17) is 0 Å². The number of nitrogens with zero attached hydrogens (tertiary/aromatic N) is 2. The van der Waals surface area contributed by atoms with Crippen LogP contribution in [-0.2, 0) is 6.54 Å². The molecule has 0 aliphatic rings. The zero-order chi connectivity index (χ0) is 13.7. The molecule has 0 saturated carbocycles. The first kappa shape index (κ1) is 15.5. The van der Waals surface area contributed by atoms with Crippen molar-refractivity contribution in [3.8, 4) is 5.75 Å². The SMILES string of the molecule is Cc1cc(Br)cc(CN(C)CCCN(C)C)c1O. The Labute approximate surface area is 119 Å². The molecule has 1 aromatic carbocycles. The van der Waals surface area contributed by atoms with Gasteiger partial charge in [-0.05, 0) is 65.3 Å². The molecule has 0 aliphatic carbocycles. The van der Waals surface area contributed by atoms with Crippen LogP contribution in [0.25, 0.3) is 0 Å². The average molecular weight is 315 g/mol. The van der Waals surface area contributed by atoms with Gasteiger partial charge in [-0.3, -0.25) is 0 Å². The molecule has 0 radical (unpaired) electrons. The number of halogens is 1. The Hall–Kier alpha value is -0.580. The first-order valence-corrected chi connectivity index (χ1v) is 7.00. The molecule has 1 aromatic rings. The highest BCUT2D eigenvalue weighted by atomic mass is 79.9. The lowest BCUT2D eigenvalue weighted by molar-refractivity contribution is 0.290. The van der Waals surface area contributed by atoms with Crippen LogP contribution in [0.1, 0.15) is 17.5 Å². The summed E-state index contributed by atoms with van der Waals surface area (Å²) in [7, 11) is 6.26. The van der Waals surface area contributed by atoms with Crippen LogP contribution in [0, 0.1) is 6.92 Å². The van der Waals surface area contributed by atoms with E-state index in [1.54, 1.807) is 0 Å². The monoisotopic (exact) mass is 314 g/mol. The number of hydrogen-bond donors (Lipinski definition) is 1. The van der Waals surface area contributed by atoms with Crippen LogP contribution in [0.4, 0.5) is 0 Å². The molecule has 0 saturated heterocycles. The third kappa shape index (κ3) is 4.96. The van der Waals surface area contributed by atoms with Crippen LogP contribution in [0.5, 0.6) is 5.75 Å². The zero-order valence-corrected chi connectivity index (χ0v) is 13.3. The maximum absolute atomic E-state index is 10.0. The largest absolute Gasteiger partial charge is 0.507 e. The predicted molar refractivity (Wildman–Crippen MR) is 80.0 cm³/mol. The zero-order valence-electron chi connectivity index (χ0n) is 11.7. The van der Waals surface area contributed by atoms with Crippen molar-refractivity contribution in [3.63, 3.8) is 0 Å². The van der Waals surface area contributed by atoms with Crippen molar-refractivity contribution in [1.29, 1.82) is 0 Å². The Morgan fingerprint density at radius 1 is 1.17 bits per heavy atom. The summed E-state index contributed by atoms with van der Waals surface area (Å²) in [5.41, 5.74) is 1.90. The second-order valence-electron chi connectivity index (χ2n) is 5.13. The molecule has 0 amide bonds. The minimum absolute atomic E-state index is 0.414. The number of rotatable bonds is 6. The third-order valence-electron chi connectivity index (χ3n) is 2.93. The molecule has 1 N–H and O–H groups in total. The lowest BCUT2D eigenvalue weighted by Gasteiger charge is -2.19. The summed E-state index contributed by atoms with van der Waals surface area (Å²) < 4.78 is 1.02. The summed E-state index contributed by atoms with van der Waals surface area (Å²) in [5.74, 6) is 0.414. The molecule has 0 atom stereocenters. The maximum Gasteiger partial charge on any atom is 0.123 e. The molecule has 3 nitrogen and oxygen atoms in total. The molecule has 1 rings (SSSR count). The summed E-state index contributed by atoms with van der Waals surface area (Å²) in [5, 5.41) is 10.0. The Balaban J connectivity index is 2.56. The molecule has 0 bridgehead atoms. The fraction of sp³-hybridized carbons (Fsp3) is 0.571. The predicted octanol–water partition coefficient (Wildman–Crippen LogP) is 2.85. The highest BCUT2D eigenvalue weighted by Gasteiger charge is 2.08. The second-order valence-corrected chi connectivity index (χ2v) is 6.04. The van der Waals surface area contributed by atoms with Gasteiger partial charge in [-0.15, -0.1) is 0 Å². The van der Waals surface area contributed by atoms with Gasteiger partial charge in [0.25, 0.3) is 0 Å². The number of phenolic OH excluding ortho intramolecular Hbond substituents is 1. The lowest BCUT2D eigenvalue weighted by Crippen LogP contribution is -2.23. The van der Waals surface area contributed by atoms with Crippen molar-refractivity contribution in [3.05, 3.63) is 27.7 Å². The minimum atomic E-state index is 0.414. The van der Waals surface area contributed by atoms with Gasteiger partial charge < -0.3 is 14.9 Å². The van der Waals surface area contributed by atoms with Gasteiger partial charge in [0.05, 0.1) is 0 Å². The van der Waals surface area contributed by atoms with Crippen molar-refractivity contribution in [2.24, 2.45) is 0 Å². The van der Waals surface area contributed by atoms with E-state index in [9.17, 15) is 5.11 Å². The van der Waals surface area contributed by atoms with Crippen molar-refractivity contribution < 1.29 is 5.11 Å². The van der Waals surface area contributed by atoms with Crippen LogP contribution >= 0.6 is 15.9 Å². The van der Waals surface area contributed by atoms with Crippen molar-refractivity contribution in [1.82, 2.24) is 9.80 Å². The summed E-state index contributed by atoms with van der Waals surface area (Å²) in [6, 6.07) is 3.93. The van der Waals surface area contributed by atoms with Crippen molar-refractivity contribution >= 4 is 15.9 Å². The topological polar surface area (TPSA) is 26.7 Å². The fourth-order valence-corrected chi connectivity index (χ4v) is 2.57. The van der Waals surface area contributed by atoms with E-state index < -0.39 is 0 Å². The third-order valence-corrected chi connectivity index (χ3v) is 3.39. The second kappa shape index (κ2) is 7.12. The molecule has 0 heterocycles. The van der Waals surface area contributed by atoms with E-state index in [1.807, 2.05) is 19.1 Å². The van der Waals surface area contributed by atoms with Gasteiger partial charge in [-0.2, -0.15) is 0 Å². The lowest BCUT2D eigenvalue weighted by atomic mass is 10.1. The van der Waals surface area contributed by atoms with Crippen LogP contribution in [-0.4, -0.2) is 49.1 Å². The smallest absolute Gasteiger partial charge is 0.123 e. The van der Waals surface area contributed by atoms with E-state index in [1.165, 1.54) is 0 Å². The van der Waals surface area contributed by atoms with E-state index in [2.05, 4.69) is 46.9 Å². The van der Waals surface area contributed by atoms with E-state index in [0.29, 0.717) is 5.75 Å². The van der Waals surface area contributed by atoms with Gasteiger partial charge in [0.2, 0.25) is 0 Å². The molecular weight excluding hydrogens is 292 g/mol. The number of aryl methyl sites for hydroxylation is 1. The number of hydrogen-bond acceptors (Lipinski definition) is 3. The fourth-order valence-electron chi connectivity index (χ4n) is 1.95. The van der Waals surface area contributed by atoms with Gasteiger partial charge in [-0.1, -0.05) is 15.9 Å². The number of aromatic hydroxyl groups is 1. The first-order valence-electron chi connectivity index (χ1n) is 6.21. The van der Waals surface area contributed by atoms with Gasteiger partial charge in [0.1, 0.15) is 5.75 Å². The highest BCUT2D eigenvalue weighted by Crippen LogP contribution is 2.27. The normalized spacial score (nSPS) is 11.5. The Morgan fingerprint density at radius 3 is 2.44 bits per heavy atom. The summed E-state index contributed by atoms with van der Waals surface area (Å²) in [4.78, 5) is 4.43. The van der Waals surface area contributed by atoms with Crippen LogP contribution in [0.2, 0.25) is 0 Å². The molecule has 18 heavy (non-hydrogen) atoms. The van der Waals surface area contributed by atoms with E-state index in [0.717, 1.165) is 41.7 Å². The molecule has 0 spiro atoms. The molecule has 0 aromatic heterocycles. The minimum Gasteiger partial charge on any atom is -0.507 e. The van der Waals surface area contributed by atoms with Crippen LogP contribution in [0.3, 0.4) is 0 Å². The Morgan fingerprint density at radius 2 is 1.83 bits per heavy atom. The van der Waals surface area contributed by atoms with Crippen molar-refractivity contribution in [2.75, 3.05) is 34.2 Å². The number of benzene rings is 1. The standard InChI is InChI=1S/C14H23BrN2O/c1-11-8-13(15)9-12(14(11)18)10-17(4)7-5-6-16(2)3/h8-9,18H,5-7,10H2,1-4H3. The molecule has 0 unspecified atom stereocenters. The molecular formula is C14H23BrN2O. The van der Waals surface area contributed by atoms with Gasteiger partial charge in [0, 0.05) is 16.6 Å². The molecule has 0 fully saturated rings. The summed E-state index contributed by atoms with van der Waals surface area (Å²) in [6.45, 7) is 4.83. The highest BCUT2D eigenvalue weighted by molar-refractivity contribution is 9.10. The van der Waals surface area contributed by atoms with Gasteiger partial charge in [0.15, 0.2) is 0 Å². The van der Waals surface area contributed by atoms with Crippen LogP contribution in [0.15, 0.2) is 16.6 Å². The average Bonchev–Trinajstić information content (AvgIpc) is 2.24. The molecule has 0 aliphatic heterocycles. The van der Waals surface area contributed by atoms with E-state index >= 15 is 0 Å². The number of phenols is 1. The molecule has 4 heteroatoms. The van der Waals surface area contributed by atoms with E-state index in [-0.39, 0.29) is 0 Å². The Kier molecular flexibility index (Phi) is 6.12. The molecule has 102 valence electrons. The summed E-state index contributed by atoms with van der Waals surface area (Å²) >= 11 is 3.47. The Bertz CT molecular complexity index is 394.